The van der Waals surface area contributed by atoms with Crippen LogP contribution in [-0.4, -0.2) is 53.2 Å². The molecule has 0 unspecified atom stereocenters. The minimum Gasteiger partial charge on any atom is -0.452 e. The van der Waals surface area contributed by atoms with E-state index in [9.17, 15) is 9.59 Å². The first-order valence-electron chi connectivity index (χ1n) is 9.14. The summed E-state index contributed by atoms with van der Waals surface area (Å²) in [4.78, 5) is 27.8. The Morgan fingerprint density at radius 1 is 1.26 bits per heavy atom. The van der Waals surface area contributed by atoms with E-state index in [4.69, 9.17) is 9.47 Å². The minimum absolute atomic E-state index is 0.00965. The molecule has 2 aromatic heterocycles. The summed E-state index contributed by atoms with van der Waals surface area (Å²) in [6.07, 6.45) is -0.0193. The first-order valence-corrected chi connectivity index (χ1v) is 10.0. The molecule has 2 aromatic rings. The topological polar surface area (TPSA) is 60.8 Å². The molecule has 0 aromatic carbocycles. The van der Waals surface area contributed by atoms with Crippen LogP contribution in [0.5, 0.6) is 0 Å². The Kier molecular flexibility index (Phi) is 6.01. The van der Waals surface area contributed by atoms with E-state index in [0.29, 0.717) is 18.7 Å². The lowest BCUT2D eigenvalue weighted by Crippen LogP contribution is -2.49. The third kappa shape index (κ3) is 4.59. The Balaban J connectivity index is 1.62. The number of morpholine rings is 1. The number of aryl methyl sites for hydroxylation is 1. The summed E-state index contributed by atoms with van der Waals surface area (Å²) in [6.45, 7) is 9.28. The summed E-state index contributed by atoms with van der Waals surface area (Å²) in [5, 5.41) is 2.04. The molecule has 0 bridgehead atoms. The zero-order valence-corrected chi connectivity index (χ0v) is 17.0. The predicted octanol–water partition coefficient (Wildman–Crippen LogP) is 3.01. The van der Waals surface area contributed by atoms with Gasteiger partial charge in [-0.1, -0.05) is 6.07 Å². The number of amides is 1. The van der Waals surface area contributed by atoms with E-state index in [2.05, 4.69) is 10.6 Å². The van der Waals surface area contributed by atoms with Gasteiger partial charge < -0.3 is 18.9 Å². The second kappa shape index (κ2) is 8.27. The molecule has 1 saturated heterocycles. The molecule has 1 amide bonds. The number of aromatic nitrogens is 1. The average Bonchev–Trinajstić information content (AvgIpc) is 3.22. The Labute approximate surface area is 163 Å². The van der Waals surface area contributed by atoms with Gasteiger partial charge in [-0.3, -0.25) is 4.79 Å². The quantitative estimate of drug-likeness (QED) is 0.737. The van der Waals surface area contributed by atoms with Gasteiger partial charge in [-0.05, 0) is 45.2 Å². The van der Waals surface area contributed by atoms with Crippen molar-refractivity contribution in [1.29, 1.82) is 0 Å². The maximum absolute atomic E-state index is 12.5. The first-order chi connectivity index (χ1) is 12.8. The second-order valence-corrected chi connectivity index (χ2v) is 8.11. The third-order valence-electron chi connectivity index (χ3n) is 4.79. The molecule has 146 valence electrons. The second-order valence-electron chi connectivity index (χ2n) is 7.08. The Morgan fingerprint density at radius 2 is 1.96 bits per heavy atom. The van der Waals surface area contributed by atoms with Crippen molar-refractivity contribution in [2.75, 3.05) is 19.7 Å². The minimum atomic E-state index is -0.455. The zero-order valence-electron chi connectivity index (χ0n) is 16.2. The van der Waals surface area contributed by atoms with E-state index >= 15 is 0 Å². The molecule has 7 heteroatoms. The van der Waals surface area contributed by atoms with Gasteiger partial charge in [-0.25, -0.2) is 4.79 Å². The lowest BCUT2D eigenvalue weighted by Gasteiger charge is -2.35. The van der Waals surface area contributed by atoms with Crippen LogP contribution in [0.1, 0.15) is 40.5 Å². The van der Waals surface area contributed by atoms with E-state index in [1.165, 1.54) is 4.88 Å². The van der Waals surface area contributed by atoms with Crippen molar-refractivity contribution in [3.63, 3.8) is 0 Å². The number of carbonyl (C=O) groups is 2. The van der Waals surface area contributed by atoms with Crippen molar-refractivity contribution >= 4 is 23.2 Å². The molecular formula is C20H26N2O4S. The number of thiophene rings is 1. The Bertz CT molecular complexity index is 802. The molecule has 0 radical (unpaired) electrons. The van der Waals surface area contributed by atoms with Crippen LogP contribution in [-0.2, 0) is 20.8 Å². The molecule has 0 saturated carbocycles. The molecular weight excluding hydrogens is 364 g/mol. The van der Waals surface area contributed by atoms with E-state index in [0.717, 1.165) is 17.9 Å². The normalized spacial score (nSPS) is 19.9. The van der Waals surface area contributed by atoms with Gasteiger partial charge in [0.2, 0.25) is 0 Å². The SMILES string of the molecule is Cc1cc(C(=O)OCC(=O)N2C[C@@H](C)O[C@@H](C)C2)c(C)n1Cc1cccs1. The van der Waals surface area contributed by atoms with Crippen molar-refractivity contribution in [1.82, 2.24) is 9.47 Å². The molecule has 0 spiro atoms. The van der Waals surface area contributed by atoms with E-state index < -0.39 is 5.97 Å². The summed E-state index contributed by atoms with van der Waals surface area (Å²) < 4.78 is 13.0. The van der Waals surface area contributed by atoms with Crippen molar-refractivity contribution in [3.8, 4) is 0 Å². The summed E-state index contributed by atoms with van der Waals surface area (Å²) >= 11 is 1.69. The summed E-state index contributed by atoms with van der Waals surface area (Å²) in [7, 11) is 0. The number of esters is 1. The zero-order chi connectivity index (χ0) is 19.6. The lowest BCUT2D eigenvalue weighted by atomic mass is 10.2. The summed E-state index contributed by atoms with van der Waals surface area (Å²) in [5.41, 5.74) is 2.36. The van der Waals surface area contributed by atoms with Gasteiger partial charge in [0, 0.05) is 29.4 Å². The fourth-order valence-electron chi connectivity index (χ4n) is 3.49. The Hall–Kier alpha value is -2.12. The van der Waals surface area contributed by atoms with Gasteiger partial charge in [-0.2, -0.15) is 0 Å². The van der Waals surface area contributed by atoms with Crippen molar-refractivity contribution in [3.05, 3.63) is 45.4 Å². The number of nitrogens with zero attached hydrogens (tertiary/aromatic N) is 2. The number of hydrogen-bond acceptors (Lipinski definition) is 5. The van der Waals surface area contributed by atoms with Crippen LogP contribution in [0.4, 0.5) is 0 Å². The van der Waals surface area contributed by atoms with Crippen LogP contribution in [0.25, 0.3) is 0 Å². The maximum Gasteiger partial charge on any atom is 0.340 e. The fraction of sp³-hybridized carbons (Fsp3) is 0.500. The molecule has 0 aliphatic carbocycles. The van der Waals surface area contributed by atoms with Crippen molar-refractivity contribution in [2.24, 2.45) is 0 Å². The van der Waals surface area contributed by atoms with Gasteiger partial charge in [0.15, 0.2) is 6.61 Å². The highest BCUT2D eigenvalue weighted by molar-refractivity contribution is 7.09. The molecule has 3 heterocycles. The number of carbonyl (C=O) groups excluding carboxylic acids is 2. The van der Waals surface area contributed by atoms with E-state index in [1.807, 2.05) is 45.2 Å². The number of rotatable bonds is 5. The van der Waals surface area contributed by atoms with E-state index in [-0.39, 0.29) is 24.7 Å². The van der Waals surface area contributed by atoms with Crippen LogP contribution in [0, 0.1) is 13.8 Å². The van der Waals surface area contributed by atoms with Gasteiger partial charge >= 0.3 is 5.97 Å². The van der Waals surface area contributed by atoms with Crippen LogP contribution in [0.2, 0.25) is 0 Å². The van der Waals surface area contributed by atoms with Crippen molar-refractivity contribution < 1.29 is 19.1 Å². The summed E-state index contributed by atoms with van der Waals surface area (Å²) in [5.74, 6) is -0.638. The molecule has 2 atom stereocenters. The first kappa shape index (κ1) is 19.6. The maximum atomic E-state index is 12.5. The highest BCUT2D eigenvalue weighted by Gasteiger charge is 2.27. The largest absolute Gasteiger partial charge is 0.452 e. The molecule has 3 rings (SSSR count). The average molecular weight is 391 g/mol. The predicted molar refractivity (Wildman–Crippen MR) is 104 cm³/mol. The third-order valence-corrected chi connectivity index (χ3v) is 5.65. The van der Waals surface area contributed by atoms with Gasteiger partial charge in [0.05, 0.1) is 24.3 Å². The van der Waals surface area contributed by atoms with Gasteiger partial charge in [-0.15, -0.1) is 11.3 Å². The van der Waals surface area contributed by atoms with Gasteiger partial charge in [0.1, 0.15) is 0 Å². The molecule has 0 N–H and O–H groups in total. The smallest absolute Gasteiger partial charge is 0.340 e. The number of hydrogen-bond donors (Lipinski definition) is 0. The molecule has 27 heavy (non-hydrogen) atoms. The van der Waals surface area contributed by atoms with Crippen LogP contribution < -0.4 is 0 Å². The molecule has 1 fully saturated rings. The molecule has 1 aliphatic heterocycles. The van der Waals surface area contributed by atoms with E-state index in [1.54, 1.807) is 16.2 Å². The molecule has 1 aliphatic rings. The monoisotopic (exact) mass is 390 g/mol. The van der Waals surface area contributed by atoms with Crippen LogP contribution in [0.15, 0.2) is 23.6 Å². The molecule has 6 nitrogen and oxygen atoms in total. The van der Waals surface area contributed by atoms with Crippen LogP contribution in [0.3, 0.4) is 0 Å². The summed E-state index contributed by atoms with van der Waals surface area (Å²) in [6, 6.07) is 5.92. The van der Waals surface area contributed by atoms with Gasteiger partial charge in [0.25, 0.3) is 5.91 Å². The highest BCUT2D eigenvalue weighted by Crippen LogP contribution is 2.20. The number of ether oxygens (including phenoxy) is 2. The van der Waals surface area contributed by atoms with Crippen LogP contribution >= 0.6 is 11.3 Å². The highest BCUT2D eigenvalue weighted by atomic mass is 32.1. The Morgan fingerprint density at radius 3 is 2.59 bits per heavy atom. The standard InChI is InChI=1S/C20H26N2O4S/c1-13-8-18(16(4)22(13)11-17-6-5-7-27-17)20(24)25-12-19(23)21-9-14(2)26-15(3)10-21/h5-8,14-15H,9-12H2,1-4H3/t14-,15+. The lowest BCUT2D eigenvalue weighted by molar-refractivity contribution is -0.146. The van der Waals surface area contributed by atoms with Crippen molar-refractivity contribution in [2.45, 2.75) is 46.4 Å². The fourth-order valence-corrected chi connectivity index (χ4v) is 4.18.